The van der Waals surface area contributed by atoms with Crippen molar-refractivity contribution in [1.82, 2.24) is 9.78 Å². The van der Waals surface area contributed by atoms with Crippen LogP contribution >= 0.6 is 15.9 Å². The van der Waals surface area contributed by atoms with E-state index in [1.165, 1.54) is 6.20 Å². The molecule has 6 heteroatoms. The summed E-state index contributed by atoms with van der Waals surface area (Å²) in [5.41, 5.74) is 0.358. The number of halogens is 3. The van der Waals surface area contributed by atoms with Gasteiger partial charge in [-0.05, 0) is 22.9 Å². The van der Waals surface area contributed by atoms with Crippen LogP contribution in [0.4, 0.5) is 8.78 Å². The zero-order valence-electron chi connectivity index (χ0n) is 7.01. The lowest BCUT2D eigenvalue weighted by Gasteiger charge is -2.06. The summed E-state index contributed by atoms with van der Waals surface area (Å²) < 4.78 is 30.8. The lowest BCUT2D eigenvalue weighted by Crippen LogP contribution is -2.07. The summed E-state index contributed by atoms with van der Waals surface area (Å²) in [5.74, 6) is 0. The third-order valence-electron chi connectivity index (χ3n) is 1.48. The molecule has 0 aliphatic carbocycles. The van der Waals surface area contributed by atoms with E-state index < -0.39 is 6.55 Å². The van der Waals surface area contributed by atoms with Gasteiger partial charge in [0, 0.05) is 6.61 Å². The highest BCUT2D eigenvalue weighted by Gasteiger charge is 2.15. The van der Waals surface area contributed by atoms with Gasteiger partial charge in [-0.3, -0.25) is 0 Å². The molecule has 0 radical (unpaired) electrons. The molecule has 74 valence electrons. The van der Waals surface area contributed by atoms with Gasteiger partial charge in [0.25, 0.3) is 0 Å². The maximum absolute atomic E-state index is 12.3. The Morgan fingerprint density at radius 3 is 2.92 bits per heavy atom. The predicted molar refractivity (Wildman–Crippen MR) is 46.5 cm³/mol. The molecule has 1 heterocycles. The van der Waals surface area contributed by atoms with Gasteiger partial charge in [-0.25, -0.2) is 4.68 Å². The third-order valence-corrected chi connectivity index (χ3v) is 2.14. The molecule has 0 aliphatic rings. The van der Waals surface area contributed by atoms with Crippen LogP contribution in [0, 0.1) is 0 Å². The average molecular weight is 255 g/mol. The van der Waals surface area contributed by atoms with Gasteiger partial charge in [0.2, 0.25) is 0 Å². The molecule has 0 N–H and O–H groups in total. The van der Waals surface area contributed by atoms with E-state index in [0.29, 0.717) is 21.5 Å². The monoisotopic (exact) mass is 254 g/mol. The Morgan fingerprint density at radius 2 is 2.38 bits per heavy atom. The van der Waals surface area contributed by atoms with Gasteiger partial charge in [0.1, 0.15) is 0 Å². The van der Waals surface area contributed by atoms with Crippen molar-refractivity contribution in [3.63, 3.8) is 0 Å². The first-order valence-corrected chi connectivity index (χ1v) is 4.54. The van der Waals surface area contributed by atoms with E-state index in [4.69, 9.17) is 4.74 Å². The topological polar surface area (TPSA) is 27.1 Å². The van der Waals surface area contributed by atoms with Gasteiger partial charge in [-0.1, -0.05) is 0 Å². The number of alkyl halides is 2. The Kier molecular flexibility index (Phi) is 3.80. The fourth-order valence-corrected chi connectivity index (χ4v) is 1.26. The van der Waals surface area contributed by atoms with Crippen LogP contribution < -0.4 is 0 Å². The summed E-state index contributed by atoms with van der Waals surface area (Å²) in [7, 11) is 0. The number of rotatable bonds is 4. The zero-order valence-corrected chi connectivity index (χ0v) is 8.59. The SMILES string of the molecule is CCOCc1c(Br)cnn1C(F)F. The molecule has 0 saturated heterocycles. The lowest BCUT2D eigenvalue weighted by atomic mass is 10.4. The Balaban J connectivity index is 2.82. The quantitative estimate of drug-likeness (QED) is 0.826. The summed E-state index contributed by atoms with van der Waals surface area (Å²) in [5, 5.41) is 3.51. The largest absolute Gasteiger partial charge is 0.375 e. The minimum Gasteiger partial charge on any atom is -0.375 e. The highest BCUT2D eigenvalue weighted by atomic mass is 79.9. The van der Waals surface area contributed by atoms with E-state index in [9.17, 15) is 8.78 Å². The van der Waals surface area contributed by atoms with Crippen molar-refractivity contribution in [2.45, 2.75) is 20.1 Å². The fraction of sp³-hybridized carbons (Fsp3) is 0.571. The standard InChI is InChI=1S/C7H9BrF2N2O/c1-2-13-4-6-5(8)3-11-12(6)7(9)10/h3,7H,2,4H2,1H3. The Bertz CT molecular complexity index is 277. The number of aromatic nitrogens is 2. The van der Waals surface area contributed by atoms with Crippen LogP contribution in [0.15, 0.2) is 10.7 Å². The van der Waals surface area contributed by atoms with Crippen molar-refractivity contribution in [3.05, 3.63) is 16.4 Å². The molecular formula is C7H9BrF2N2O. The molecule has 0 saturated carbocycles. The first-order valence-electron chi connectivity index (χ1n) is 3.74. The van der Waals surface area contributed by atoms with Gasteiger partial charge in [-0.2, -0.15) is 13.9 Å². The molecule has 0 bridgehead atoms. The summed E-state index contributed by atoms with van der Waals surface area (Å²) in [4.78, 5) is 0. The highest BCUT2D eigenvalue weighted by molar-refractivity contribution is 9.10. The predicted octanol–water partition coefficient (Wildman–Crippen LogP) is 2.58. The van der Waals surface area contributed by atoms with E-state index in [0.717, 1.165) is 0 Å². The van der Waals surface area contributed by atoms with Crippen molar-refractivity contribution in [2.75, 3.05) is 6.61 Å². The van der Waals surface area contributed by atoms with Crippen LogP contribution in [0.1, 0.15) is 19.2 Å². The normalized spacial score (nSPS) is 11.2. The van der Waals surface area contributed by atoms with Crippen LogP contribution in [-0.2, 0) is 11.3 Å². The molecule has 0 aliphatic heterocycles. The van der Waals surface area contributed by atoms with E-state index >= 15 is 0 Å². The van der Waals surface area contributed by atoms with E-state index in [1.54, 1.807) is 6.92 Å². The molecule has 1 rings (SSSR count). The van der Waals surface area contributed by atoms with Crippen molar-refractivity contribution < 1.29 is 13.5 Å². The van der Waals surface area contributed by atoms with Crippen LogP contribution in [0.3, 0.4) is 0 Å². The first-order chi connectivity index (χ1) is 6.16. The van der Waals surface area contributed by atoms with Crippen molar-refractivity contribution >= 4 is 15.9 Å². The first kappa shape index (κ1) is 10.6. The van der Waals surface area contributed by atoms with Crippen LogP contribution in [0.2, 0.25) is 0 Å². The van der Waals surface area contributed by atoms with Crippen LogP contribution in [0.5, 0.6) is 0 Å². The molecule has 0 atom stereocenters. The summed E-state index contributed by atoms with van der Waals surface area (Å²) in [6.07, 6.45) is 1.33. The molecule has 0 amide bonds. The van der Waals surface area contributed by atoms with Gasteiger partial charge >= 0.3 is 6.55 Å². The maximum atomic E-state index is 12.3. The molecular weight excluding hydrogens is 246 g/mol. The molecule has 1 aromatic rings. The number of hydrogen-bond acceptors (Lipinski definition) is 2. The second kappa shape index (κ2) is 4.66. The van der Waals surface area contributed by atoms with Crippen LogP contribution in [-0.4, -0.2) is 16.4 Å². The van der Waals surface area contributed by atoms with E-state index in [1.807, 2.05) is 0 Å². The molecule has 1 aromatic heterocycles. The van der Waals surface area contributed by atoms with Crippen molar-refractivity contribution in [2.24, 2.45) is 0 Å². The van der Waals surface area contributed by atoms with E-state index in [2.05, 4.69) is 21.0 Å². The van der Waals surface area contributed by atoms with Gasteiger partial charge < -0.3 is 4.74 Å². The highest BCUT2D eigenvalue weighted by Crippen LogP contribution is 2.21. The van der Waals surface area contributed by atoms with Crippen molar-refractivity contribution in [1.29, 1.82) is 0 Å². The fourth-order valence-electron chi connectivity index (χ4n) is 0.869. The summed E-state index contributed by atoms with van der Waals surface area (Å²) in [6.45, 7) is -0.194. The number of nitrogens with zero attached hydrogens (tertiary/aromatic N) is 2. The van der Waals surface area contributed by atoms with Crippen molar-refractivity contribution in [3.8, 4) is 0 Å². The Hall–Kier alpha value is -0.490. The summed E-state index contributed by atoms with van der Waals surface area (Å²) >= 11 is 3.12. The third kappa shape index (κ3) is 2.47. The minimum absolute atomic E-state index is 0.140. The number of hydrogen-bond donors (Lipinski definition) is 0. The zero-order chi connectivity index (χ0) is 9.84. The second-order valence-corrected chi connectivity index (χ2v) is 3.15. The smallest absolute Gasteiger partial charge is 0.333 e. The minimum atomic E-state index is -2.62. The second-order valence-electron chi connectivity index (χ2n) is 2.30. The molecule has 0 unspecified atom stereocenters. The Labute approximate surface area is 82.8 Å². The molecule has 0 fully saturated rings. The maximum Gasteiger partial charge on any atom is 0.333 e. The number of ether oxygens (including phenoxy) is 1. The molecule has 0 aromatic carbocycles. The average Bonchev–Trinajstić information content (AvgIpc) is 2.43. The van der Waals surface area contributed by atoms with Crippen LogP contribution in [0.25, 0.3) is 0 Å². The molecule has 3 nitrogen and oxygen atoms in total. The summed E-state index contributed by atoms with van der Waals surface area (Å²) in [6, 6.07) is 0. The lowest BCUT2D eigenvalue weighted by molar-refractivity contribution is 0.0424. The van der Waals surface area contributed by atoms with Gasteiger partial charge in [0.05, 0.1) is 23.0 Å². The van der Waals surface area contributed by atoms with Gasteiger partial charge in [-0.15, -0.1) is 0 Å². The van der Waals surface area contributed by atoms with E-state index in [-0.39, 0.29) is 6.61 Å². The Morgan fingerprint density at radius 1 is 1.69 bits per heavy atom. The molecule has 0 spiro atoms. The van der Waals surface area contributed by atoms with Gasteiger partial charge in [0.15, 0.2) is 0 Å². The molecule has 13 heavy (non-hydrogen) atoms.